The molecule has 16 heavy (non-hydrogen) atoms. The monoisotopic (exact) mass is 274 g/mol. The van der Waals surface area contributed by atoms with E-state index in [9.17, 15) is 8.42 Å². The van der Waals surface area contributed by atoms with Gasteiger partial charge >= 0.3 is 0 Å². The van der Waals surface area contributed by atoms with Gasteiger partial charge in [-0.15, -0.1) is 11.3 Å². The lowest BCUT2D eigenvalue weighted by atomic mass is 10.0. The van der Waals surface area contributed by atoms with E-state index in [4.69, 9.17) is 10.7 Å². The molecule has 0 N–H and O–H groups in total. The summed E-state index contributed by atoms with van der Waals surface area (Å²) in [6.07, 6.45) is 0. The summed E-state index contributed by atoms with van der Waals surface area (Å²) in [5, 5.41) is 0.988. The highest BCUT2D eigenvalue weighted by molar-refractivity contribution is 8.15. The van der Waals surface area contributed by atoms with Gasteiger partial charge < -0.3 is 0 Å². The van der Waals surface area contributed by atoms with Crippen LogP contribution >= 0.6 is 22.0 Å². The highest BCUT2D eigenvalue weighted by atomic mass is 35.7. The van der Waals surface area contributed by atoms with Gasteiger partial charge in [-0.1, -0.05) is 32.0 Å². The van der Waals surface area contributed by atoms with E-state index in [2.05, 4.69) is 0 Å². The first-order valence-corrected chi connectivity index (χ1v) is 8.00. The average molecular weight is 275 g/mol. The summed E-state index contributed by atoms with van der Waals surface area (Å²) in [5.41, 5.74) is 0.829. The molecule has 2 rings (SSSR count). The number of rotatable bonds is 2. The van der Waals surface area contributed by atoms with Crippen molar-refractivity contribution in [2.45, 2.75) is 24.0 Å². The van der Waals surface area contributed by atoms with Gasteiger partial charge in [0.15, 0.2) is 0 Å². The van der Waals surface area contributed by atoms with Crippen molar-refractivity contribution in [1.29, 1.82) is 0 Å². The summed E-state index contributed by atoms with van der Waals surface area (Å²) in [5.74, 6) is 0.139. The fraction of sp³-hybridized carbons (Fsp3) is 0.273. The predicted octanol–water partition coefficient (Wildman–Crippen LogP) is 3.95. The van der Waals surface area contributed by atoms with Gasteiger partial charge in [0.05, 0.1) is 0 Å². The van der Waals surface area contributed by atoms with Crippen molar-refractivity contribution in [2.24, 2.45) is 0 Å². The molecular weight excluding hydrogens is 264 g/mol. The molecule has 2 aromatic rings. The fourth-order valence-electron chi connectivity index (χ4n) is 1.77. The Balaban J connectivity index is 2.89. The van der Waals surface area contributed by atoms with Crippen molar-refractivity contribution in [1.82, 2.24) is 0 Å². The van der Waals surface area contributed by atoms with E-state index < -0.39 is 9.05 Å². The molecule has 1 heterocycles. The Hall–Kier alpha value is -0.580. The zero-order chi connectivity index (χ0) is 11.9. The second-order valence-corrected chi connectivity index (χ2v) is 7.71. The predicted molar refractivity (Wildman–Crippen MR) is 69.0 cm³/mol. The first kappa shape index (κ1) is 11.9. The Morgan fingerprint density at radius 3 is 2.44 bits per heavy atom. The van der Waals surface area contributed by atoms with Gasteiger partial charge in [-0.2, -0.15) is 0 Å². The Bertz CT molecular complexity index is 626. The first-order valence-electron chi connectivity index (χ1n) is 4.87. The van der Waals surface area contributed by atoms with E-state index in [1.165, 1.54) is 11.3 Å². The van der Waals surface area contributed by atoms with Crippen molar-refractivity contribution in [2.75, 3.05) is 0 Å². The van der Waals surface area contributed by atoms with E-state index >= 15 is 0 Å². The van der Waals surface area contributed by atoms with E-state index in [-0.39, 0.29) is 10.1 Å². The van der Waals surface area contributed by atoms with E-state index in [0.717, 1.165) is 15.6 Å². The minimum atomic E-state index is -3.65. The minimum absolute atomic E-state index is 0.139. The second-order valence-electron chi connectivity index (χ2n) is 3.89. The number of hydrogen-bond acceptors (Lipinski definition) is 3. The number of halogens is 1. The quantitative estimate of drug-likeness (QED) is 0.777. The zero-order valence-corrected chi connectivity index (χ0v) is 11.3. The Kier molecular flexibility index (Phi) is 2.99. The third-order valence-corrected chi connectivity index (χ3v) is 5.69. The zero-order valence-electron chi connectivity index (χ0n) is 8.90. The Labute approximate surface area is 103 Å². The Morgan fingerprint density at radius 2 is 1.88 bits per heavy atom. The standard InChI is InChI=1S/C11H11ClO2S2/c1-7(2)10-8-5-3-4-6-9(8)15-11(10)16(12,13)14/h3-7H,1-2H3. The van der Waals surface area contributed by atoms with Gasteiger partial charge in [0, 0.05) is 15.4 Å². The van der Waals surface area contributed by atoms with Gasteiger partial charge in [-0.3, -0.25) is 0 Å². The SMILES string of the molecule is CC(C)c1c(S(=O)(=O)Cl)sc2ccccc12. The molecule has 5 heteroatoms. The molecule has 2 nitrogen and oxygen atoms in total. The van der Waals surface area contributed by atoms with Gasteiger partial charge in [-0.05, 0) is 22.9 Å². The van der Waals surface area contributed by atoms with Crippen LogP contribution in [0.1, 0.15) is 25.3 Å². The van der Waals surface area contributed by atoms with Crippen LogP contribution in [0.25, 0.3) is 10.1 Å². The minimum Gasteiger partial charge on any atom is -0.206 e. The molecule has 1 aromatic carbocycles. The lowest BCUT2D eigenvalue weighted by Gasteiger charge is -2.05. The molecule has 0 saturated heterocycles. The van der Waals surface area contributed by atoms with Crippen molar-refractivity contribution >= 4 is 41.2 Å². The largest absolute Gasteiger partial charge is 0.271 e. The Morgan fingerprint density at radius 1 is 1.25 bits per heavy atom. The molecule has 0 aliphatic heterocycles. The molecule has 0 spiro atoms. The summed E-state index contributed by atoms with van der Waals surface area (Å²) in [4.78, 5) is 0. The fourth-order valence-corrected chi connectivity index (χ4v) is 4.67. The van der Waals surface area contributed by atoms with Crippen molar-refractivity contribution in [3.63, 3.8) is 0 Å². The van der Waals surface area contributed by atoms with E-state index in [1.807, 2.05) is 38.1 Å². The van der Waals surface area contributed by atoms with E-state index in [0.29, 0.717) is 0 Å². The first-order chi connectivity index (χ1) is 7.41. The molecule has 0 bridgehead atoms. The van der Waals surface area contributed by atoms with Crippen molar-refractivity contribution in [3.8, 4) is 0 Å². The third-order valence-electron chi connectivity index (χ3n) is 2.40. The van der Waals surface area contributed by atoms with E-state index in [1.54, 1.807) is 0 Å². The van der Waals surface area contributed by atoms with Gasteiger partial charge in [0.1, 0.15) is 4.21 Å². The maximum atomic E-state index is 11.5. The van der Waals surface area contributed by atoms with Crippen LogP contribution in [-0.4, -0.2) is 8.42 Å². The number of thiophene rings is 1. The molecule has 1 aromatic heterocycles. The van der Waals surface area contributed by atoms with Crippen molar-refractivity contribution in [3.05, 3.63) is 29.8 Å². The van der Waals surface area contributed by atoms with Gasteiger partial charge in [0.25, 0.3) is 9.05 Å². The molecular formula is C11H11ClO2S2. The van der Waals surface area contributed by atoms with Crippen molar-refractivity contribution < 1.29 is 8.42 Å². The molecule has 0 atom stereocenters. The molecule has 0 saturated carbocycles. The highest BCUT2D eigenvalue weighted by Crippen LogP contribution is 2.40. The van der Waals surface area contributed by atoms with Crippen LogP contribution in [0.4, 0.5) is 0 Å². The smallest absolute Gasteiger partial charge is 0.206 e. The van der Waals surface area contributed by atoms with Crippen LogP contribution in [0.5, 0.6) is 0 Å². The number of benzene rings is 1. The maximum Gasteiger partial charge on any atom is 0.271 e. The lowest BCUT2D eigenvalue weighted by Crippen LogP contribution is -1.95. The topological polar surface area (TPSA) is 34.1 Å². The average Bonchev–Trinajstić information content (AvgIpc) is 2.55. The molecule has 0 aliphatic carbocycles. The summed E-state index contributed by atoms with van der Waals surface area (Å²) < 4.78 is 24.3. The number of fused-ring (bicyclic) bond motifs is 1. The molecule has 0 aliphatic rings. The molecule has 0 fully saturated rings. The normalized spacial score (nSPS) is 12.5. The second kappa shape index (κ2) is 4.02. The van der Waals surface area contributed by atoms with Crippen LogP contribution in [0.3, 0.4) is 0 Å². The molecule has 86 valence electrons. The van der Waals surface area contributed by atoms with Gasteiger partial charge in [-0.25, -0.2) is 8.42 Å². The maximum absolute atomic E-state index is 11.5. The molecule has 0 radical (unpaired) electrons. The number of hydrogen-bond donors (Lipinski definition) is 0. The highest BCUT2D eigenvalue weighted by Gasteiger charge is 2.23. The molecule has 0 unspecified atom stereocenters. The summed E-state index contributed by atoms with van der Waals surface area (Å²) >= 11 is 1.24. The van der Waals surface area contributed by atoms with Crippen LogP contribution in [0.15, 0.2) is 28.5 Å². The van der Waals surface area contributed by atoms with Gasteiger partial charge in [0.2, 0.25) is 0 Å². The third kappa shape index (κ3) is 1.97. The summed E-state index contributed by atoms with van der Waals surface area (Å²) in [7, 11) is 1.81. The summed E-state index contributed by atoms with van der Waals surface area (Å²) in [6, 6.07) is 7.66. The van der Waals surface area contributed by atoms with Crippen LogP contribution in [0.2, 0.25) is 0 Å². The van der Waals surface area contributed by atoms with Crippen LogP contribution in [0, 0.1) is 0 Å². The van der Waals surface area contributed by atoms with Crippen LogP contribution in [-0.2, 0) is 9.05 Å². The van der Waals surface area contributed by atoms with Crippen LogP contribution < -0.4 is 0 Å². The molecule has 0 amide bonds. The lowest BCUT2D eigenvalue weighted by molar-refractivity contribution is 0.610. The summed E-state index contributed by atoms with van der Waals surface area (Å²) in [6.45, 7) is 3.94.